The highest BCUT2D eigenvalue weighted by Gasteiger charge is 2.31. The molecule has 1 saturated carbocycles. The lowest BCUT2D eigenvalue weighted by Crippen LogP contribution is -2.42. The van der Waals surface area contributed by atoms with Crippen LogP contribution in [0.2, 0.25) is 0 Å². The third-order valence-electron chi connectivity index (χ3n) is 5.95. The predicted octanol–water partition coefficient (Wildman–Crippen LogP) is 4.56. The van der Waals surface area contributed by atoms with Gasteiger partial charge in [0, 0.05) is 26.2 Å². The second-order valence-corrected chi connectivity index (χ2v) is 8.17. The van der Waals surface area contributed by atoms with Crippen LogP contribution in [0.3, 0.4) is 0 Å². The number of aliphatic hydroxyl groups excluding tert-OH is 1. The monoisotopic (exact) mass is 460 g/mol. The summed E-state index contributed by atoms with van der Waals surface area (Å²) in [5.41, 5.74) is -0.781. The normalized spacial score (nSPS) is 19.2. The molecular formula is C23H35F3N2O4. The Bertz CT molecular complexity index is 677. The molecule has 1 aromatic rings. The van der Waals surface area contributed by atoms with Crippen LogP contribution in [0.4, 0.5) is 18.0 Å². The van der Waals surface area contributed by atoms with Crippen LogP contribution in [0, 0.1) is 0 Å². The molecule has 0 heterocycles. The fourth-order valence-corrected chi connectivity index (χ4v) is 3.89. The van der Waals surface area contributed by atoms with E-state index in [0.29, 0.717) is 13.2 Å². The number of carbonyl (C=O) groups excluding carboxylic acids is 1. The molecule has 0 radical (unpaired) electrons. The number of likely N-dealkylation sites (N-methyl/N-ethyl adjacent to an activating group) is 1. The fraction of sp³-hybridized carbons (Fsp3) is 0.696. The molecular weight excluding hydrogens is 425 g/mol. The summed E-state index contributed by atoms with van der Waals surface area (Å²) in [5, 5.41) is 9.01. The number of ether oxygens (including phenoxy) is 2. The van der Waals surface area contributed by atoms with Crippen molar-refractivity contribution in [3.63, 3.8) is 0 Å². The highest BCUT2D eigenvalue weighted by molar-refractivity contribution is 5.70. The first-order valence-corrected chi connectivity index (χ1v) is 11.3. The van der Waals surface area contributed by atoms with E-state index in [1.807, 2.05) is 0 Å². The summed E-state index contributed by atoms with van der Waals surface area (Å²) in [7, 11) is 1.66. The Labute approximate surface area is 188 Å². The van der Waals surface area contributed by atoms with Crippen LogP contribution in [-0.2, 0) is 10.9 Å². The van der Waals surface area contributed by atoms with Gasteiger partial charge in [0.2, 0.25) is 0 Å². The Kier molecular flexibility index (Phi) is 10.7. The van der Waals surface area contributed by atoms with Crippen molar-refractivity contribution < 1.29 is 32.5 Å². The van der Waals surface area contributed by atoms with E-state index in [1.54, 1.807) is 7.05 Å². The number of nitrogens with zero attached hydrogens (tertiary/aromatic N) is 2. The van der Waals surface area contributed by atoms with E-state index in [1.165, 1.54) is 4.90 Å². The zero-order valence-electron chi connectivity index (χ0n) is 18.9. The molecule has 9 heteroatoms. The molecule has 1 amide bonds. The number of benzene rings is 1. The van der Waals surface area contributed by atoms with Gasteiger partial charge in [-0.1, -0.05) is 6.92 Å². The third-order valence-corrected chi connectivity index (χ3v) is 5.95. The summed E-state index contributed by atoms with van der Waals surface area (Å²) in [4.78, 5) is 16.1. The molecule has 0 unspecified atom stereocenters. The smallest absolute Gasteiger partial charge is 0.410 e. The first kappa shape index (κ1) is 26.4. The maximum atomic E-state index is 12.6. The number of alkyl halides is 3. The topological polar surface area (TPSA) is 62.2 Å². The molecule has 0 aromatic heterocycles. The van der Waals surface area contributed by atoms with Crippen LogP contribution in [0.25, 0.3) is 0 Å². The van der Waals surface area contributed by atoms with Crippen molar-refractivity contribution in [3.05, 3.63) is 29.8 Å². The number of hydrogen-bond donors (Lipinski definition) is 1. The molecule has 0 aliphatic heterocycles. The number of halogens is 3. The number of carbonyl (C=O) groups is 1. The average Bonchev–Trinajstić information content (AvgIpc) is 2.77. The van der Waals surface area contributed by atoms with E-state index in [-0.39, 0.29) is 24.5 Å². The van der Waals surface area contributed by atoms with E-state index in [0.717, 1.165) is 75.9 Å². The summed E-state index contributed by atoms with van der Waals surface area (Å²) in [5.74, 6) is 0.0903. The minimum absolute atomic E-state index is 0.0217. The summed E-state index contributed by atoms with van der Waals surface area (Å²) >= 11 is 0. The van der Waals surface area contributed by atoms with Crippen molar-refractivity contribution in [1.29, 1.82) is 0 Å². The van der Waals surface area contributed by atoms with Crippen LogP contribution < -0.4 is 4.74 Å². The Hall–Kier alpha value is -1.84. The van der Waals surface area contributed by atoms with Crippen LogP contribution in [-0.4, -0.2) is 73.0 Å². The Morgan fingerprint density at radius 2 is 1.75 bits per heavy atom. The lowest BCUT2D eigenvalue weighted by Gasteiger charge is -2.34. The van der Waals surface area contributed by atoms with E-state index in [9.17, 15) is 18.0 Å². The molecule has 1 aromatic carbocycles. The lowest BCUT2D eigenvalue weighted by molar-refractivity contribution is -0.137. The number of rotatable bonds is 11. The third kappa shape index (κ3) is 8.60. The van der Waals surface area contributed by atoms with Crippen LogP contribution in [0.15, 0.2) is 24.3 Å². The zero-order valence-corrected chi connectivity index (χ0v) is 18.9. The van der Waals surface area contributed by atoms with Crippen molar-refractivity contribution in [1.82, 2.24) is 9.80 Å². The maximum Gasteiger partial charge on any atom is 0.416 e. The first-order valence-electron chi connectivity index (χ1n) is 11.3. The maximum absolute atomic E-state index is 12.6. The van der Waals surface area contributed by atoms with Crippen molar-refractivity contribution in [2.24, 2.45) is 0 Å². The molecule has 0 saturated heterocycles. The summed E-state index contributed by atoms with van der Waals surface area (Å²) in [6.45, 7) is 5.56. The van der Waals surface area contributed by atoms with Crippen molar-refractivity contribution >= 4 is 6.09 Å². The van der Waals surface area contributed by atoms with E-state index in [2.05, 4.69) is 11.8 Å². The zero-order chi connectivity index (χ0) is 23.6. The van der Waals surface area contributed by atoms with Gasteiger partial charge in [-0.3, -0.25) is 0 Å². The molecule has 32 heavy (non-hydrogen) atoms. The molecule has 0 atom stereocenters. The number of hydrogen-bond acceptors (Lipinski definition) is 5. The van der Waals surface area contributed by atoms with Crippen LogP contribution in [0.5, 0.6) is 5.75 Å². The van der Waals surface area contributed by atoms with Gasteiger partial charge < -0.3 is 24.4 Å². The number of aliphatic hydroxyl groups is 1. The minimum Gasteiger partial charge on any atom is -0.410 e. The van der Waals surface area contributed by atoms with E-state index >= 15 is 0 Å². The van der Waals surface area contributed by atoms with Gasteiger partial charge in [-0.15, -0.1) is 0 Å². The second kappa shape index (κ2) is 13.0. The van der Waals surface area contributed by atoms with E-state index in [4.69, 9.17) is 14.6 Å². The Morgan fingerprint density at radius 3 is 2.31 bits per heavy atom. The van der Waals surface area contributed by atoms with Gasteiger partial charge in [0.05, 0.1) is 18.3 Å². The van der Waals surface area contributed by atoms with Gasteiger partial charge in [-0.2, -0.15) is 13.2 Å². The molecule has 1 aliphatic rings. The minimum atomic E-state index is -4.42. The van der Waals surface area contributed by atoms with Crippen LogP contribution in [0.1, 0.15) is 51.0 Å². The van der Waals surface area contributed by atoms with Crippen molar-refractivity contribution in [3.8, 4) is 5.75 Å². The Morgan fingerprint density at radius 1 is 1.09 bits per heavy atom. The molecule has 1 aliphatic carbocycles. The molecule has 1 N–H and O–H groups in total. The first-order chi connectivity index (χ1) is 15.2. The van der Waals surface area contributed by atoms with Crippen molar-refractivity contribution in [2.45, 2.75) is 63.8 Å². The summed E-state index contributed by atoms with van der Waals surface area (Å²) < 4.78 is 49.1. The Balaban J connectivity index is 1.66. The molecule has 0 bridgehead atoms. The number of amides is 1. The highest BCUT2D eigenvalue weighted by atomic mass is 19.4. The van der Waals surface area contributed by atoms with Crippen LogP contribution >= 0.6 is 0 Å². The molecule has 182 valence electrons. The highest BCUT2D eigenvalue weighted by Crippen LogP contribution is 2.30. The molecule has 1 fully saturated rings. The largest absolute Gasteiger partial charge is 0.416 e. The predicted molar refractivity (Wildman–Crippen MR) is 116 cm³/mol. The molecule has 6 nitrogen and oxygen atoms in total. The molecule has 0 spiro atoms. The van der Waals surface area contributed by atoms with Gasteiger partial charge in [-0.05, 0) is 75.9 Å². The quantitative estimate of drug-likeness (QED) is 0.491. The summed E-state index contributed by atoms with van der Waals surface area (Å²) in [6.07, 6.45) is 0.496. The second-order valence-electron chi connectivity index (χ2n) is 8.17. The van der Waals surface area contributed by atoms with Gasteiger partial charge in [-0.25, -0.2) is 4.79 Å². The average molecular weight is 461 g/mol. The van der Waals surface area contributed by atoms with Gasteiger partial charge in [0.25, 0.3) is 0 Å². The lowest BCUT2D eigenvalue weighted by atomic mass is 9.92. The fourth-order valence-electron chi connectivity index (χ4n) is 3.89. The van der Waals surface area contributed by atoms with Gasteiger partial charge >= 0.3 is 12.3 Å². The van der Waals surface area contributed by atoms with Crippen molar-refractivity contribution in [2.75, 3.05) is 39.9 Å². The standard InChI is InChI=1S/C23H35F3N2O4/c1-3-28(15-16-29)14-4-5-17-31-20-12-8-19(9-13-20)27(2)22(30)32-21-10-6-18(7-11-21)23(24,25)26/h6-7,10-11,19-20,29H,3-5,8-9,12-17H2,1-2H3/t19-,20-. The van der Waals surface area contributed by atoms with Gasteiger partial charge in [0.1, 0.15) is 5.75 Å². The number of unbranched alkanes of at least 4 members (excludes halogenated alkanes) is 1. The molecule has 2 rings (SSSR count). The van der Waals surface area contributed by atoms with Gasteiger partial charge in [0.15, 0.2) is 0 Å². The summed E-state index contributed by atoms with van der Waals surface area (Å²) in [6, 6.07) is 4.13. The van der Waals surface area contributed by atoms with E-state index < -0.39 is 17.8 Å². The SMILES string of the molecule is CCN(CCO)CCCCO[C@H]1CC[C@H](N(C)C(=O)Oc2ccc(C(F)(F)F)cc2)CC1.